The van der Waals surface area contributed by atoms with Gasteiger partial charge >= 0.3 is 0 Å². The molecule has 4 rings (SSSR count). The molecule has 0 radical (unpaired) electrons. The third-order valence-corrected chi connectivity index (χ3v) is 5.14. The average Bonchev–Trinajstić information content (AvgIpc) is 3.19. The van der Waals surface area contributed by atoms with Crippen molar-refractivity contribution in [3.63, 3.8) is 0 Å². The second kappa shape index (κ2) is 9.43. The van der Waals surface area contributed by atoms with E-state index >= 15 is 0 Å². The molecule has 0 fully saturated rings. The van der Waals surface area contributed by atoms with Gasteiger partial charge in [0.1, 0.15) is 23.1 Å². The largest absolute Gasteiger partial charge is 0.397 e. The molecule has 3 heterocycles. The first-order valence-corrected chi connectivity index (χ1v) is 10.4. The molecule has 11 heteroatoms. The van der Waals surface area contributed by atoms with Crippen LogP contribution in [0.15, 0.2) is 64.5 Å². The molecule has 0 aliphatic rings. The number of halogens is 1. The van der Waals surface area contributed by atoms with Gasteiger partial charge in [0.2, 0.25) is 0 Å². The van der Waals surface area contributed by atoms with Gasteiger partial charge in [-0.25, -0.2) is 14.4 Å². The van der Waals surface area contributed by atoms with E-state index in [0.717, 1.165) is 11.6 Å². The summed E-state index contributed by atoms with van der Waals surface area (Å²) in [5.74, 6) is 1.51. The number of aromatic nitrogens is 4. The van der Waals surface area contributed by atoms with Crippen LogP contribution in [0.2, 0.25) is 0 Å². The molecule has 32 heavy (non-hydrogen) atoms. The summed E-state index contributed by atoms with van der Waals surface area (Å²) in [6.45, 7) is 1.81. The van der Waals surface area contributed by atoms with Crippen molar-refractivity contribution in [3.8, 4) is 0 Å². The molecule has 3 aromatic heterocycles. The predicted molar refractivity (Wildman–Crippen MR) is 119 cm³/mol. The zero-order valence-corrected chi connectivity index (χ0v) is 17.7. The van der Waals surface area contributed by atoms with Crippen molar-refractivity contribution in [3.05, 3.63) is 77.7 Å². The van der Waals surface area contributed by atoms with E-state index in [2.05, 4.69) is 30.7 Å². The molecule has 0 bridgehead atoms. The molecule has 162 valence electrons. The Morgan fingerprint density at radius 3 is 2.75 bits per heavy atom. The van der Waals surface area contributed by atoms with Gasteiger partial charge in [0.15, 0.2) is 11.0 Å². The summed E-state index contributed by atoms with van der Waals surface area (Å²) in [6.07, 6.45) is 3.26. The van der Waals surface area contributed by atoms with Crippen LogP contribution in [0.1, 0.15) is 21.8 Å². The standard InChI is InChI=1S/C21H18FN7O2S/c1-12-8-19(29-31-12)27-18-6-7-24-21(28-18)32-11-13-2-4-17(25-10-13)20(30)26-16-5-3-14(22)9-15(16)23/h2-10H,11,23H2,1H3,(H,26,30)(H,24,27,28,29). The van der Waals surface area contributed by atoms with E-state index in [1.54, 1.807) is 43.6 Å². The average molecular weight is 451 g/mol. The Morgan fingerprint density at radius 1 is 1.16 bits per heavy atom. The Labute approximate surface area is 186 Å². The van der Waals surface area contributed by atoms with Crippen LogP contribution in [0, 0.1) is 12.7 Å². The van der Waals surface area contributed by atoms with E-state index in [0.29, 0.717) is 34.0 Å². The lowest BCUT2D eigenvalue weighted by atomic mass is 10.2. The number of carbonyl (C=O) groups excluding carboxylic acids is 1. The molecule has 0 aliphatic heterocycles. The van der Waals surface area contributed by atoms with Gasteiger partial charge in [0.05, 0.1) is 11.4 Å². The molecule has 0 aliphatic carbocycles. The molecule has 0 spiro atoms. The summed E-state index contributed by atoms with van der Waals surface area (Å²) < 4.78 is 18.2. The molecule has 0 unspecified atom stereocenters. The number of aryl methyl sites for hydroxylation is 1. The van der Waals surface area contributed by atoms with E-state index < -0.39 is 11.7 Å². The van der Waals surface area contributed by atoms with Crippen molar-refractivity contribution in [2.24, 2.45) is 0 Å². The lowest BCUT2D eigenvalue weighted by Crippen LogP contribution is -2.14. The lowest BCUT2D eigenvalue weighted by molar-refractivity contribution is 0.102. The highest BCUT2D eigenvalue weighted by Crippen LogP contribution is 2.22. The topological polar surface area (TPSA) is 132 Å². The molecule has 4 N–H and O–H groups in total. The molecule has 1 amide bonds. The number of nitrogens with two attached hydrogens (primary N) is 1. The number of hydrogen-bond acceptors (Lipinski definition) is 9. The summed E-state index contributed by atoms with van der Waals surface area (Å²) in [5, 5.41) is 10.1. The third kappa shape index (κ3) is 5.38. The number of nitrogens with one attached hydrogen (secondary N) is 2. The number of nitrogen functional groups attached to an aromatic ring is 1. The number of pyridine rings is 1. The molecular weight excluding hydrogens is 433 g/mol. The van der Waals surface area contributed by atoms with Crippen LogP contribution in [0.4, 0.5) is 27.4 Å². The van der Waals surface area contributed by atoms with Crippen LogP contribution >= 0.6 is 11.8 Å². The normalized spacial score (nSPS) is 10.7. The first kappa shape index (κ1) is 21.2. The first-order valence-electron chi connectivity index (χ1n) is 9.44. The van der Waals surface area contributed by atoms with Gasteiger partial charge in [-0.05, 0) is 42.8 Å². The summed E-state index contributed by atoms with van der Waals surface area (Å²) in [6, 6.07) is 10.7. The van der Waals surface area contributed by atoms with Gasteiger partial charge in [-0.15, -0.1) is 0 Å². The van der Waals surface area contributed by atoms with Crippen molar-refractivity contribution >= 4 is 40.7 Å². The number of carbonyl (C=O) groups is 1. The third-order valence-electron chi connectivity index (χ3n) is 4.20. The highest BCUT2D eigenvalue weighted by molar-refractivity contribution is 7.98. The highest BCUT2D eigenvalue weighted by Gasteiger charge is 2.11. The molecule has 1 aromatic carbocycles. The molecule has 0 atom stereocenters. The lowest BCUT2D eigenvalue weighted by Gasteiger charge is -2.08. The SMILES string of the molecule is Cc1cc(Nc2ccnc(SCc3ccc(C(=O)Nc4ccc(F)cc4N)nc3)n2)no1. The Hall–Kier alpha value is -3.99. The van der Waals surface area contributed by atoms with Crippen molar-refractivity contribution in [2.45, 2.75) is 17.8 Å². The Bertz CT molecular complexity index is 1250. The number of nitrogens with zero attached hydrogens (tertiary/aromatic N) is 4. The second-order valence-corrected chi connectivity index (χ2v) is 7.64. The maximum atomic E-state index is 13.1. The fraction of sp³-hybridized carbons (Fsp3) is 0.0952. The highest BCUT2D eigenvalue weighted by atomic mass is 32.2. The van der Waals surface area contributed by atoms with Gasteiger partial charge in [-0.2, -0.15) is 0 Å². The van der Waals surface area contributed by atoms with Crippen LogP contribution in [0.25, 0.3) is 0 Å². The van der Waals surface area contributed by atoms with Crippen LogP contribution in [0.5, 0.6) is 0 Å². The van der Waals surface area contributed by atoms with Crippen molar-refractivity contribution in [1.29, 1.82) is 0 Å². The summed E-state index contributed by atoms with van der Waals surface area (Å²) in [5.41, 5.74) is 7.29. The van der Waals surface area contributed by atoms with Crippen molar-refractivity contribution in [1.82, 2.24) is 20.1 Å². The minimum Gasteiger partial charge on any atom is -0.397 e. The minimum absolute atomic E-state index is 0.141. The van der Waals surface area contributed by atoms with E-state index in [1.807, 2.05) is 0 Å². The number of anilines is 4. The van der Waals surface area contributed by atoms with Crippen molar-refractivity contribution < 1.29 is 13.7 Å². The molecule has 0 saturated heterocycles. The van der Waals surface area contributed by atoms with Crippen molar-refractivity contribution in [2.75, 3.05) is 16.4 Å². The number of amides is 1. The van der Waals surface area contributed by atoms with Gasteiger partial charge in [-0.3, -0.25) is 9.78 Å². The van der Waals surface area contributed by atoms with Crippen LogP contribution in [-0.2, 0) is 5.75 Å². The fourth-order valence-corrected chi connectivity index (χ4v) is 3.43. The molecule has 4 aromatic rings. The molecular formula is C21H18FN7O2S. The Kier molecular flexibility index (Phi) is 6.26. The summed E-state index contributed by atoms with van der Waals surface area (Å²) >= 11 is 1.42. The maximum Gasteiger partial charge on any atom is 0.274 e. The smallest absolute Gasteiger partial charge is 0.274 e. The number of thioether (sulfide) groups is 1. The second-order valence-electron chi connectivity index (χ2n) is 6.70. The molecule has 0 saturated carbocycles. The number of benzene rings is 1. The van der Waals surface area contributed by atoms with E-state index in [9.17, 15) is 9.18 Å². The number of hydrogen-bond donors (Lipinski definition) is 3. The minimum atomic E-state index is -0.473. The monoisotopic (exact) mass is 451 g/mol. The first-order chi connectivity index (χ1) is 15.5. The zero-order chi connectivity index (χ0) is 22.5. The van der Waals surface area contributed by atoms with Gasteiger partial charge in [0.25, 0.3) is 5.91 Å². The predicted octanol–water partition coefficient (Wildman–Crippen LogP) is 4.18. The summed E-state index contributed by atoms with van der Waals surface area (Å²) in [4.78, 5) is 25.3. The van der Waals surface area contributed by atoms with E-state index in [4.69, 9.17) is 10.3 Å². The van der Waals surface area contributed by atoms with Crippen LogP contribution in [-0.4, -0.2) is 26.0 Å². The maximum absolute atomic E-state index is 13.1. The van der Waals surface area contributed by atoms with Gasteiger partial charge in [0, 0.05) is 24.2 Å². The fourth-order valence-electron chi connectivity index (χ4n) is 2.66. The number of rotatable bonds is 7. The molecule has 9 nitrogen and oxygen atoms in total. The Morgan fingerprint density at radius 2 is 2.03 bits per heavy atom. The summed E-state index contributed by atoms with van der Waals surface area (Å²) in [7, 11) is 0. The van der Waals surface area contributed by atoms with E-state index in [-0.39, 0.29) is 11.4 Å². The van der Waals surface area contributed by atoms with E-state index in [1.165, 1.54) is 23.9 Å². The Balaban J connectivity index is 1.34. The quantitative estimate of drug-likeness (QED) is 0.215. The van der Waals surface area contributed by atoms with Gasteiger partial charge in [-0.1, -0.05) is 23.0 Å². The zero-order valence-electron chi connectivity index (χ0n) is 16.9. The van der Waals surface area contributed by atoms with Crippen LogP contribution in [0.3, 0.4) is 0 Å². The van der Waals surface area contributed by atoms with Gasteiger partial charge < -0.3 is 20.9 Å². The van der Waals surface area contributed by atoms with Crippen LogP contribution < -0.4 is 16.4 Å².